The van der Waals surface area contributed by atoms with Crippen molar-refractivity contribution in [3.8, 4) is 11.5 Å². The van der Waals surface area contributed by atoms with E-state index in [0.717, 1.165) is 29.0 Å². The van der Waals surface area contributed by atoms with Crippen molar-refractivity contribution < 1.29 is 22.3 Å². The van der Waals surface area contributed by atoms with Gasteiger partial charge in [-0.1, -0.05) is 38.4 Å². The molecular weight excluding hydrogens is 531 g/mol. The molecule has 0 fully saturated rings. The summed E-state index contributed by atoms with van der Waals surface area (Å²) in [7, 11) is 0. The summed E-state index contributed by atoms with van der Waals surface area (Å²) in [6, 6.07) is 9.49. The largest absolute Gasteiger partial charge is 0.456 e. The molecule has 0 saturated heterocycles. The Morgan fingerprint density at radius 1 is 1.05 bits per heavy atom. The lowest BCUT2D eigenvalue weighted by Gasteiger charge is -2.14. The first kappa shape index (κ1) is 26.6. The molecule has 0 radical (unpaired) electrons. The van der Waals surface area contributed by atoms with Crippen LogP contribution in [0.3, 0.4) is 0 Å². The minimum atomic E-state index is -4.47. The molecule has 0 aliphatic carbocycles. The summed E-state index contributed by atoms with van der Waals surface area (Å²) in [4.78, 5) is 13.3. The fourth-order valence-corrected chi connectivity index (χ4v) is 4.15. The first-order chi connectivity index (χ1) is 18.5. The first-order valence-electron chi connectivity index (χ1n) is 12.2. The molecule has 4 aromatic rings. The Kier molecular flexibility index (Phi) is 6.98. The van der Waals surface area contributed by atoms with Crippen molar-refractivity contribution >= 4 is 40.6 Å². The van der Waals surface area contributed by atoms with E-state index in [1.807, 2.05) is 6.08 Å². The third-order valence-electron chi connectivity index (χ3n) is 5.99. The van der Waals surface area contributed by atoms with Crippen LogP contribution in [0.2, 0.25) is 5.02 Å². The Balaban J connectivity index is 1.40. The Bertz CT molecular complexity index is 1540. The number of nitrogens with zero attached hydrogens (tertiary/aromatic N) is 3. The molecule has 11 heteroatoms. The lowest BCUT2D eigenvalue weighted by atomic mass is 9.94. The monoisotopic (exact) mass is 555 g/mol. The van der Waals surface area contributed by atoms with Gasteiger partial charge in [-0.3, -0.25) is 0 Å². The van der Waals surface area contributed by atoms with Crippen molar-refractivity contribution in [2.45, 2.75) is 38.8 Å². The van der Waals surface area contributed by atoms with E-state index in [1.165, 1.54) is 18.5 Å². The molecule has 2 N–H and O–H groups in total. The average Bonchev–Trinajstić information content (AvgIpc) is 3.27. The maximum absolute atomic E-state index is 13.0. The molecule has 0 unspecified atom stereocenters. The van der Waals surface area contributed by atoms with Crippen LogP contribution in [0.4, 0.5) is 30.5 Å². The second-order valence-electron chi connectivity index (χ2n) is 10.0. The Morgan fingerprint density at radius 3 is 2.59 bits per heavy atom. The van der Waals surface area contributed by atoms with Crippen LogP contribution in [0.25, 0.3) is 11.6 Å². The third-order valence-corrected chi connectivity index (χ3v) is 6.29. The zero-order valence-corrected chi connectivity index (χ0v) is 22.1. The number of aromatic nitrogens is 3. The highest BCUT2D eigenvalue weighted by molar-refractivity contribution is 6.32. The number of benzene rings is 2. The van der Waals surface area contributed by atoms with Gasteiger partial charge in [0, 0.05) is 23.2 Å². The molecule has 39 heavy (non-hydrogen) atoms. The fourth-order valence-electron chi connectivity index (χ4n) is 3.93. The van der Waals surface area contributed by atoms with Crippen LogP contribution < -0.4 is 15.4 Å². The molecule has 5 rings (SSSR count). The van der Waals surface area contributed by atoms with Crippen molar-refractivity contribution in [2.75, 3.05) is 17.2 Å². The molecule has 0 saturated carbocycles. The number of alkyl halides is 3. The van der Waals surface area contributed by atoms with Crippen molar-refractivity contribution in [1.29, 1.82) is 0 Å². The zero-order chi connectivity index (χ0) is 27.8. The number of nitrogens with one attached hydrogen (secondary N) is 2. The van der Waals surface area contributed by atoms with Crippen LogP contribution in [0, 0.1) is 0 Å². The summed E-state index contributed by atoms with van der Waals surface area (Å²) in [5.74, 6) is 2.76. The van der Waals surface area contributed by atoms with Crippen LogP contribution in [-0.4, -0.2) is 21.5 Å². The zero-order valence-electron chi connectivity index (χ0n) is 21.4. The first-order valence-corrected chi connectivity index (χ1v) is 12.5. The maximum atomic E-state index is 13.0. The van der Waals surface area contributed by atoms with Gasteiger partial charge < -0.3 is 19.8 Å². The molecule has 0 atom stereocenters. The molecule has 2 aromatic carbocycles. The van der Waals surface area contributed by atoms with E-state index in [1.54, 1.807) is 24.4 Å². The van der Waals surface area contributed by atoms with E-state index < -0.39 is 11.7 Å². The maximum Gasteiger partial charge on any atom is 0.416 e. The van der Waals surface area contributed by atoms with E-state index in [9.17, 15) is 13.2 Å². The Morgan fingerprint density at radius 2 is 1.87 bits per heavy atom. The molecule has 3 heterocycles. The van der Waals surface area contributed by atoms with E-state index in [2.05, 4.69) is 46.4 Å². The smallest absolute Gasteiger partial charge is 0.416 e. The van der Waals surface area contributed by atoms with Crippen molar-refractivity contribution in [1.82, 2.24) is 15.0 Å². The van der Waals surface area contributed by atoms with Crippen LogP contribution in [-0.2, 0) is 11.6 Å². The van der Waals surface area contributed by atoms with Gasteiger partial charge in [0.15, 0.2) is 0 Å². The number of oxazole rings is 1. The van der Waals surface area contributed by atoms with E-state index in [0.29, 0.717) is 36.2 Å². The molecule has 202 valence electrons. The minimum absolute atomic E-state index is 0.0263. The molecule has 1 aliphatic rings. The van der Waals surface area contributed by atoms with Crippen LogP contribution >= 0.6 is 11.6 Å². The average molecular weight is 556 g/mol. The molecule has 7 nitrogen and oxygen atoms in total. The standard InChI is InChI=1S/C28H25ClF3N5O2/c1-27(2,3)23-14-34-26(39-23)16-9-10-33-24-20(11-16)25(36-15-35-24)37-18-7-8-22(21(29)13-18)38-19-6-4-5-17(12-19)28(30,31)32/h4-8,11-15H,9-10H2,1-3H3,(H2,33,35,36,37). The van der Waals surface area contributed by atoms with E-state index in [4.69, 9.17) is 20.8 Å². The number of hydrogen-bond acceptors (Lipinski definition) is 7. The number of fused-ring (bicyclic) bond motifs is 1. The minimum Gasteiger partial charge on any atom is -0.456 e. The van der Waals surface area contributed by atoms with E-state index >= 15 is 0 Å². The molecular formula is C28H25ClF3N5O2. The number of halogens is 4. The summed E-state index contributed by atoms with van der Waals surface area (Å²) in [6.07, 6.45) is 1.34. The van der Waals surface area contributed by atoms with Crippen molar-refractivity contribution in [3.05, 3.63) is 82.8 Å². The predicted octanol–water partition coefficient (Wildman–Crippen LogP) is 8.33. The highest BCUT2D eigenvalue weighted by Crippen LogP contribution is 2.37. The van der Waals surface area contributed by atoms with Crippen molar-refractivity contribution in [2.24, 2.45) is 0 Å². The highest BCUT2D eigenvalue weighted by atomic mass is 35.5. The lowest BCUT2D eigenvalue weighted by molar-refractivity contribution is -0.137. The SMILES string of the molecule is CC(C)(C)c1cnc(C2=Cc3c(ncnc3Nc3ccc(Oc4cccc(C(F)(F)F)c4)c(Cl)c3)NCC2)o1. The second-order valence-corrected chi connectivity index (χ2v) is 10.4. The van der Waals surface area contributed by atoms with Gasteiger partial charge in [0.1, 0.15) is 35.2 Å². The quantitative estimate of drug-likeness (QED) is 0.256. The second kappa shape index (κ2) is 10.3. The summed E-state index contributed by atoms with van der Waals surface area (Å²) < 4.78 is 50.8. The summed E-state index contributed by atoms with van der Waals surface area (Å²) in [6.45, 7) is 6.82. The van der Waals surface area contributed by atoms with Gasteiger partial charge in [0.2, 0.25) is 5.89 Å². The van der Waals surface area contributed by atoms with Gasteiger partial charge in [-0.25, -0.2) is 15.0 Å². The summed E-state index contributed by atoms with van der Waals surface area (Å²) >= 11 is 6.42. The summed E-state index contributed by atoms with van der Waals surface area (Å²) in [5.41, 5.74) is 1.25. The Labute approximate surface area is 228 Å². The van der Waals surface area contributed by atoms with Crippen LogP contribution in [0.15, 0.2) is 59.4 Å². The number of ether oxygens (including phenoxy) is 1. The number of anilines is 3. The van der Waals surface area contributed by atoms with Gasteiger partial charge in [0.05, 0.1) is 22.3 Å². The van der Waals surface area contributed by atoms with Gasteiger partial charge in [-0.2, -0.15) is 13.2 Å². The van der Waals surface area contributed by atoms with E-state index in [-0.39, 0.29) is 21.9 Å². The van der Waals surface area contributed by atoms with Crippen LogP contribution in [0.5, 0.6) is 11.5 Å². The fraction of sp³-hybridized carbons (Fsp3) is 0.250. The predicted molar refractivity (Wildman–Crippen MR) is 144 cm³/mol. The molecule has 0 spiro atoms. The molecule has 0 amide bonds. The topological polar surface area (TPSA) is 85.1 Å². The van der Waals surface area contributed by atoms with Crippen molar-refractivity contribution in [3.63, 3.8) is 0 Å². The summed E-state index contributed by atoms with van der Waals surface area (Å²) in [5, 5.41) is 6.77. The molecule has 2 aromatic heterocycles. The highest BCUT2D eigenvalue weighted by Gasteiger charge is 2.30. The van der Waals surface area contributed by atoms with Gasteiger partial charge in [-0.05, 0) is 48.9 Å². The van der Waals surface area contributed by atoms with Crippen LogP contribution in [0.1, 0.15) is 50.0 Å². The van der Waals surface area contributed by atoms with Gasteiger partial charge >= 0.3 is 6.18 Å². The third kappa shape index (κ3) is 6.01. The number of hydrogen-bond donors (Lipinski definition) is 2. The molecule has 0 bridgehead atoms. The number of rotatable bonds is 5. The normalized spacial score (nSPS) is 13.7. The van der Waals surface area contributed by atoms with Gasteiger partial charge in [0.25, 0.3) is 0 Å². The lowest BCUT2D eigenvalue weighted by Crippen LogP contribution is -2.09. The van der Waals surface area contributed by atoms with Gasteiger partial charge in [-0.15, -0.1) is 0 Å². The Hall–Kier alpha value is -4.05. The molecule has 1 aliphatic heterocycles.